The van der Waals surface area contributed by atoms with Crippen molar-refractivity contribution in [2.45, 2.75) is 24.3 Å². The SMILES string of the molecule is COC(C)(C)CNS(=O)(=O)c1ccc([N+](=O)[O-])c(F)c1. The zero-order valence-corrected chi connectivity index (χ0v) is 12.0. The van der Waals surface area contributed by atoms with Crippen LogP contribution in [0, 0.1) is 15.9 Å². The molecule has 0 fully saturated rings. The van der Waals surface area contributed by atoms with Gasteiger partial charge in [0.05, 0.1) is 15.4 Å². The normalized spacial score (nSPS) is 12.4. The van der Waals surface area contributed by atoms with Gasteiger partial charge in [-0.05, 0) is 19.9 Å². The minimum Gasteiger partial charge on any atom is -0.377 e. The second-order valence-electron chi connectivity index (χ2n) is 4.66. The van der Waals surface area contributed by atoms with Crippen molar-refractivity contribution >= 4 is 15.7 Å². The standard InChI is InChI=1S/C11H15FN2O5S/c1-11(2,19-3)7-13-20(17,18)8-4-5-10(14(15)16)9(12)6-8/h4-6,13H,7H2,1-3H3. The largest absolute Gasteiger partial charge is 0.377 e. The summed E-state index contributed by atoms with van der Waals surface area (Å²) in [6, 6.07) is 2.40. The molecule has 0 unspecified atom stereocenters. The predicted molar refractivity (Wildman–Crippen MR) is 69.3 cm³/mol. The lowest BCUT2D eigenvalue weighted by Gasteiger charge is -2.23. The van der Waals surface area contributed by atoms with E-state index in [2.05, 4.69) is 4.72 Å². The number of ether oxygens (including phenoxy) is 1. The molecule has 0 bridgehead atoms. The van der Waals surface area contributed by atoms with Gasteiger partial charge >= 0.3 is 5.69 Å². The van der Waals surface area contributed by atoms with Crippen LogP contribution in [0.25, 0.3) is 0 Å². The molecule has 1 rings (SSSR count). The molecule has 1 N–H and O–H groups in total. The Morgan fingerprint density at radius 2 is 2.05 bits per heavy atom. The molecule has 0 aliphatic heterocycles. The Bertz CT molecular complexity index is 615. The van der Waals surface area contributed by atoms with Crippen molar-refractivity contribution in [1.82, 2.24) is 4.72 Å². The lowest BCUT2D eigenvalue weighted by molar-refractivity contribution is -0.387. The maximum atomic E-state index is 13.4. The molecule has 0 heterocycles. The van der Waals surface area contributed by atoms with E-state index in [1.807, 2.05) is 0 Å². The number of rotatable bonds is 6. The molecule has 9 heteroatoms. The number of benzene rings is 1. The van der Waals surface area contributed by atoms with Gasteiger partial charge in [0, 0.05) is 25.8 Å². The molecule has 0 radical (unpaired) electrons. The fourth-order valence-corrected chi connectivity index (χ4v) is 2.44. The number of nitrogens with zero attached hydrogens (tertiary/aromatic N) is 1. The summed E-state index contributed by atoms with van der Waals surface area (Å²) in [5.74, 6) is -1.20. The van der Waals surface area contributed by atoms with Crippen LogP contribution >= 0.6 is 0 Å². The molecule has 0 saturated carbocycles. The molecule has 0 aliphatic carbocycles. The Morgan fingerprint density at radius 3 is 2.50 bits per heavy atom. The third kappa shape index (κ3) is 3.95. The van der Waals surface area contributed by atoms with Crippen LogP contribution in [0.1, 0.15) is 13.8 Å². The summed E-state index contributed by atoms with van der Waals surface area (Å²) >= 11 is 0. The number of nitrogens with one attached hydrogen (secondary N) is 1. The number of nitro groups is 1. The van der Waals surface area contributed by atoms with Gasteiger partial charge in [0.2, 0.25) is 15.8 Å². The molecule has 112 valence electrons. The summed E-state index contributed by atoms with van der Waals surface area (Å²) in [4.78, 5) is 9.16. The highest BCUT2D eigenvalue weighted by atomic mass is 32.2. The summed E-state index contributed by atoms with van der Waals surface area (Å²) < 4.78 is 44.6. The zero-order valence-electron chi connectivity index (χ0n) is 11.2. The molecule has 0 saturated heterocycles. The van der Waals surface area contributed by atoms with E-state index in [9.17, 15) is 22.9 Å². The number of hydrogen-bond donors (Lipinski definition) is 1. The summed E-state index contributed by atoms with van der Waals surface area (Å²) in [7, 11) is -2.53. The third-order valence-corrected chi connectivity index (χ3v) is 4.07. The summed E-state index contributed by atoms with van der Waals surface area (Å²) in [6.07, 6.45) is 0. The van der Waals surface area contributed by atoms with Gasteiger partial charge in [0.25, 0.3) is 0 Å². The van der Waals surface area contributed by atoms with Gasteiger partial charge in [0.15, 0.2) is 0 Å². The summed E-state index contributed by atoms with van der Waals surface area (Å²) in [6.45, 7) is 3.32. The Kier molecular flexibility index (Phi) is 4.79. The maximum absolute atomic E-state index is 13.4. The Labute approximate surface area is 115 Å². The quantitative estimate of drug-likeness (QED) is 0.633. The van der Waals surface area contributed by atoms with Crippen LogP contribution in [0.15, 0.2) is 23.1 Å². The van der Waals surface area contributed by atoms with Crippen molar-refractivity contribution in [3.05, 3.63) is 34.1 Å². The Morgan fingerprint density at radius 1 is 1.45 bits per heavy atom. The number of hydrogen-bond acceptors (Lipinski definition) is 5. The highest BCUT2D eigenvalue weighted by molar-refractivity contribution is 7.89. The average molecular weight is 306 g/mol. The molecule has 1 aromatic carbocycles. The van der Waals surface area contributed by atoms with Crippen LogP contribution < -0.4 is 4.72 Å². The lowest BCUT2D eigenvalue weighted by atomic mass is 10.1. The van der Waals surface area contributed by atoms with Crippen molar-refractivity contribution in [3.8, 4) is 0 Å². The van der Waals surface area contributed by atoms with E-state index < -0.39 is 32.1 Å². The fourth-order valence-electron chi connectivity index (χ4n) is 1.23. The lowest BCUT2D eigenvalue weighted by Crippen LogP contribution is -2.39. The molecular formula is C11H15FN2O5S. The van der Waals surface area contributed by atoms with E-state index in [1.165, 1.54) is 7.11 Å². The van der Waals surface area contributed by atoms with Crippen LogP contribution in [0.2, 0.25) is 0 Å². The first-order valence-corrected chi connectivity index (χ1v) is 7.06. The first kappa shape index (κ1) is 16.5. The van der Waals surface area contributed by atoms with Crippen molar-refractivity contribution in [1.29, 1.82) is 0 Å². The van der Waals surface area contributed by atoms with Crippen LogP contribution in [0.5, 0.6) is 0 Å². The monoisotopic (exact) mass is 306 g/mol. The predicted octanol–water partition coefficient (Wildman–Crippen LogP) is 1.44. The minimum absolute atomic E-state index is 0.0234. The number of methoxy groups -OCH3 is 1. The number of sulfonamides is 1. The second kappa shape index (κ2) is 5.81. The van der Waals surface area contributed by atoms with Crippen LogP contribution in [0.4, 0.5) is 10.1 Å². The average Bonchev–Trinajstić information content (AvgIpc) is 2.36. The fraction of sp³-hybridized carbons (Fsp3) is 0.455. The van der Waals surface area contributed by atoms with Crippen molar-refractivity contribution in [3.63, 3.8) is 0 Å². The van der Waals surface area contributed by atoms with E-state index in [4.69, 9.17) is 4.74 Å². The van der Waals surface area contributed by atoms with E-state index in [0.29, 0.717) is 6.07 Å². The zero-order chi connectivity index (χ0) is 15.6. The van der Waals surface area contributed by atoms with Crippen LogP contribution in [-0.2, 0) is 14.8 Å². The van der Waals surface area contributed by atoms with Crippen molar-refractivity contribution in [2.24, 2.45) is 0 Å². The molecule has 0 spiro atoms. The van der Waals surface area contributed by atoms with Crippen molar-refractivity contribution in [2.75, 3.05) is 13.7 Å². The minimum atomic E-state index is -3.96. The molecule has 20 heavy (non-hydrogen) atoms. The molecule has 0 aromatic heterocycles. The first-order valence-electron chi connectivity index (χ1n) is 5.58. The highest BCUT2D eigenvalue weighted by Crippen LogP contribution is 2.21. The molecule has 1 aromatic rings. The van der Waals surface area contributed by atoms with Gasteiger partial charge < -0.3 is 4.74 Å². The number of halogens is 1. The van der Waals surface area contributed by atoms with E-state index in [-0.39, 0.29) is 11.4 Å². The molecule has 0 aliphatic rings. The summed E-state index contributed by atoms with van der Waals surface area (Å²) in [5.41, 5.74) is -1.51. The van der Waals surface area contributed by atoms with E-state index in [0.717, 1.165) is 12.1 Å². The third-order valence-electron chi connectivity index (χ3n) is 2.67. The Balaban J connectivity index is 2.99. The highest BCUT2D eigenvalue weighted by Gasteiger charge is 2.24. The van der Waals surface area contributed by atoms with Crippen molar-refractivity contribution < 1.29 is 22.5 Å². The molecule has 7 nitrogen and oxygen atoms in total. The second-order valence-corrected chi connectivity index (χ2v) is 6.43. The van der Waals surface area contributed by atoms with Gasteiger partial charge in [-0.15, -0.1) is 0 Å². The maximum Gasteiger partial charge on any atom is 0.304 e. The molecule has 0 atom stereocenters. The first-order chi connectivity index (χ1) is 9.09. The van der Waals surface area contributed by atoms with E-state index >= 15 is 0 Å². The van der Waals surface area contributed by atoms with Gasteiger partial charge in [-0.25, -0.2) is 13.1 Å². The van der Waals surface area contributed by atoms with Gasteiger partial charge in [-0.1, -0.05) is 0 Å². The molecular weight excluding hydrogens is 291 g/mol. The van der Waals surface area contributed by atoms with Gasteiger partial charge in [-0.3, -0.25) is 10.1 Å². The van der Waals surface area contributed by atoms with Crippen LogP contribution in [0.3, 0.4) is 0 Å². The Hall–Kier alpha value is -1.58. The van der Waals surface area contributed by atoms with Gasteiger partial charge in [0.1, 0.15) is 0 Å². The van der Waals surface area contributed by atoms with Crippen LogP contribution in [-0.4, -0.2) is 32.6 Å². The topological polar surface area (TPSA) is 98.5 Å². The smallest absolute Gasteiger partial charge is 0.304 e. The van der Waals surface area contributed by atoms with E-state index in [1.54, 1.807) is 13.8 Å². The number of nitro benzene ring substituents is 1. The summed E-state index contributed by atoms with van der Waals surface area (Å²) in [5, 5.41) is 10.5. The molecule has 0 amide bonds. The van der Waals surface area contributed by atoms with Gasteiger partial charge in [-0.2, -0.15) is 4.39 Å².